The minimum absolute atomic E-state index is 0.296. The quantitative estimate of drug-likeness (QED) is 0.567. The van der Waals surface area contributed by atoms with Crippen molar-refractivity contribution in [3.05, 3.63) is 24.0 Å². The Balaban J connectivity index is 2.97. The maximum absolute atomic E-state index is 10.7. The molecule has 0 bridgehead atoms. The Morgan fingerprint density at radius 1 is 1.62 bits per heavy atom. The van der Waals surface area contributed by atoms with Crippen LogP contribution in [0.1, 0.15) is 17.3 Å². The largest absolute Gasteiger partial charge is 0.425 e. The van der Waals surface area contributed by atoms with Gasteiger partial charge in [-0.25, -0.2) is 0 Å². The average molecular weight is 220 g/mol. The van der Waals surface area contributed by atoms with E-state index in [2.05, 4.69) is 4.98 Å². The maximum atomic E-state index is 10.7. The summed E-state index contributed by atoms with van der Waals surface area (Å²) in [5, 5.41) is 0. The van der Waals surface area contributed by atoms with Crippen LogP contribution in [-0.2, 0) is 4.79 Å². The van der Waals surface area contributed by atoms with Gasteiger partial charge in [-0.15, -0.1) is 0 Å². The van der Waals surface area contributed by atoms with Gasteiger partial charge in [0.2, 0.25) is 0 Å². The molecule has 0 unspecified atom stereocenters. The highest BCUT2D eigenvalue weighted by Crippen LogP contribution is 2.31. The maximum Gasteiger partial charge on any atom is 0.308 e. The summed E-state index contributed by atoms with van der Waals surface area (Å²) in [6, 6.07) is 1.60. The molecule has 0 fully saturated rings. The van der Waals surface area contributed by atoms with Crippen LogP contribution in [0, 0.1) is 0 Å². The zero-order valence-electron chi connectivity index (χ0n) is 6.83. The molecule has 0 radical (unpaired) electrons. The van der Waals surface area contributed by atoms with Gasteiger partial charge in [0, 0.05) is 18.7 Å². The van der Waals surface area contributed by atoms with Gasteiger partial charge in [-0.1, -0.05) is 23.2 Å². The lowest BCUT2D eigenvalue weighted by molar-refractivity contribution is -0.131. The first-order valence-corrected chi connectivity index (χ1v) is 4.39. The Hall–Kier alpha value is -0.800. The first kappa shape index (κ1) is 10.3. The summed E-state index contributed by atoms with van der Waals surface area (Å²) in [5.74, 6) is -0.131. The average Bonchev–Trinajstić information content (AvgIpc) is 2.03. The minimum Gasteiger partial charge on any atom is -0.425 e. The first-order chi connectivity index (χ1) is 6.11. The SMILES string of the molecule is CC(=O)Oc1cnccc1C(Cl)Cl. The molecule has 0 spiro atoms. The van der Waals surface area contributed by atoms with E-state index in [1.165, 1.54) is 19.3 Å². The van der Waals surface area contributed by atoms with E-state index in [0.717, 1.165) is 0 Å². The highest BCUT2D eigenvalue weighted by atomic mass is 35.5. The van der Waals surface area contributed by atoms with Crippen LogP contribution in [0.3, 0.4) is 0 Å². The Labute approximate surface area is 85.6 Å². The van der Waals surface area contributed by atoms with Crippen molar-refractivity contribution in [2.24, 2.45) is 0 Å². The molecule has 0 aliphatic rings. The number of rotatable bonds is 2. The van der Waals surface area contributed by atoms with E-state index in [4.69, 9.17) is 27.9 Å². The van der Waals surface area contributed by atoms with Gasteiger partial charge >= 0.3 is 5.97 Å². The second-order valence-electron chi connectivity index (χ2n) is 2.31. The van der Waals surface area contributed by atoms with Crippen LogP contribution in [-0.4, -0.2) is 11.0 Å². The fraction of sp³-hybridized carbons (Fsp3) is 0.250. The van der Waals surface area contributed by atoms with Crippen LogP contribution >= 0.6 is 23.2 Å². The molecule has 1 aromatic rings. The highest BCUT2D eigenvalue weighted by Gasteiger charge is 2.11. The fourth-order valence-electron chi connectivity index (χ4n) is 0.811. The van der Waals surface area contributed by atoms with E-state index < -0.39 is 10.8 Å². The van der Waals surface area contributed by atoms with Gasteiger partial charge in [0.15, 0.2) is 5.75 Å². The van der Waals surface area contributed by atoms with Gasteiger partial charge in [0.05, 0.1) is 6.20 Å². The number of nitrogens with zero attached hydrogens (tertiary/aromatic N) is 1. The summed E-state index contributed by atoms with van der Waals surface area (Å²) in [7, 11) is 0. The number of halogens is 2. The molecule has 1 rings (SSSR count). The number of ether oxygens (including phenoxy) is 1. The highest BCUT2D eigenvalue weighted by molar-refractivity contribution is 6.44. The summed E-state index contributed by atoms with van der Waals surface area (Å²) >= 11 is 11.3. The van der Waals surface area contributed by atoms with Crippen molar-refractivity contribution in [1.29, 1.82) is 0 Å². The van der Waals surface area contributed by atoms with Crippen molar-refractivity contribution < 1.29 is 9.53 Å². The number of hydrogen-bond acceptors (Lipinski definition) is 3. The van der Waals surface area contributed by atoms with Gasteiger partial charge in [-0.2, -0.15) is 0 Å². The van der Waals surface area contributed by atoms with Crippen molar-refractivity contribution in [2.75, 3.05) is 0 Å². The molecule has 0 saturated heterocycles. The third-order valence-electron chi connectivity index (χ3n) is 1.31. The van der Waals surface area contributed by atoms with Gasteiger partial charge < -0.3 is 4.74 Å². The number of pyridine rings is 1. The summed E-state index contributed by atoms with van der Waals surface area (Å²) in [6.45, 7) is 1.30. The lowest BCUT2D eigenvalue weighted by Crippen LogP contribution is -2.04. The fourth-order valence-corrected chi connectivity index (χ4v) is 1.17. The molecule has 1 aromatic heterocycles. The third kappa shape index (κ3) is 2.86. The van der Waals surface area contributed by atoms with Crippen molar-refractivity contribution in [3.8, 4) is 5.75 Å². The molecule has 0 atom stereocenters. The van der Waals surface area contributed by atoms with E-state index >= 15 is 0 Å². The molecule has 0 saturated carbocycles. The Morgan fingerprint density at radius 2 is 2.31 bits per heavy atom. The second kappa shape index (κ2) is 4.44. The van der Waals surface area contributed by atoms with E-state index in [0.29, 0.717) is 11.3 Å². The molecule has 0 N–H and O–H groups in total. The molecule has 0 aromatic carbocycles. The lowest BCUT2D eigenvalue weighted by Gasteiger charge is -2.07. The van der Waals surface area contributed by atoms with Crippen molar-refractivity contribution in [1.82, 2.24) is 4.98 Å². The summed E-state index contributed by atoms with van der Waals surface area (Å²) < 4.78 is 4.84. The van der Waals surface area contributed by atoms with E-state index in [1.807, 2.05) is 0 Å². The Kier molecular flexibility index (Phi) is 3.51. The number of esters is 1. The van der Waals surface area contributed by atoms with Crippen molar-refractivity contribution in [3.63, 3.8) is 0 Å². The van der Waals surface area contributed by atoms with Crippen molar-refractivity contribution >= 4 is 29.2 Å². The summed E-state index contributed by atoms with van der Waals surface area (Å²) in [5.41, 5.74) is 0.536. The standard InChI is InChI=1S/C8H7Cl2NO2/c1-5(12)13-7-4-11-3-2-6(7)8(9)10/h2-4,8H,1H3. The second-order valence-corrected chi connectivity index (χ2v) is 3.40. The molecule has 0 aliphatic carbocycles. The number of alkyl halides is 2. The smallest absolute Gasteiger partial charge is 0.308 e. The zero-order chi connectivity index (χ0) is 9.84. The van der Waals surface area contributed by atoms with Crippen LogP contribution in [0.5, 0.6) is 5.75 Å². The van der Waals surface area contributed by atoms with Crippen LogP contribution < -0.4 is 4.74 Å². The predicted molar refractivity (Wildman–Crippen MR) is 50.0 cm³/mol. The number of hydrogen-bond donors (Lipinski definition) is 0. The normalized spacial score (nSPS) is 10.2. The topological polar surface area (TPSA) is 39.2 Å². The first-order valence-electron chi connectivity index (χ1n) is 3.51. The Morgan fingerprint density at radius 3 is 2.85 bits per heavy atom. The number of aromatic nitrogens is 1. The molecule has 5 heteroatoms. The molecule has 0 aliphatic heterocycles. The van der Waals surface area contributed by atoms with Crippen LogP contribution in [0.2, 0.25) is 0 Å². The molecule has 13 heavy (non-hydrogen) atoms. The van der Waals surface area contributed by atoms with Gasteiger partial charge in [0.1, 0.15) is 4.84 Å². The predicted octanol–water partition coefficient (Wildman–Crippen LogP) is 2.48. The van der Waals surface area contributed by atoms with Crippen LogP contribution in [0.4, 0.5) is 0 Å². The molecule has 0 amide bonds. The summed E-state index contributed by atoms with van der Waals surface area (Å²) in [4.78, 5) is 13.7. The van der Waals surface area contributed by atoms with Gasteiger partial charge in [-0.3, -0.25) is 9.78 Å². The Bertz CT molecular complexity index is 315. The van der Waals surface area contributed by atoms with E-state index in [9.17, 15) is 4.79 Å². The number of carbonyl (C=O) groups is 1. The van der Waals surface area contributed by atoms with E-state index in [1.54, 1.807) is 6.07 Å². The number of carbonyl (C=O) groups excluding carboxylic acids is 1. The summed E-state index contributed by atoms with van der Waals surface area (Å²) in [6.07, 6.45) is 2.93. The molecule has 70 valence electrons. The minimum atomic E-state index is -0.725. The molecule has 3 nitrogen and oxygen atoms in total. The molecule has 1 heterocycles. The van der Waals surface area contributed by atoms with Gasteiger partial charge in [-0.05, 0) is 6.07 Å². The van der Waals surface area contributed by atoms with Gasteiger partial charge in [0.25, 0.3) is 0 Å². The van der Waals surface area contributed by atoms with Crippen LogP contribution in [0.15, 0.2) is 18.5 Å². The monoisotopic (exact) mass is 219 g/mol. The van der Waals surface area contributed by atoms with Crippen molar-refractivity contribution in [2.45, 2.75) is 11.8 Å². The zero-order valence-corrected chi connectivity index (χ0v) is 8.34. The van der Waals surface area contributed by atoms with Crippen LogP contribution in [0.25, 0.3) is 0 Å². The lowest BCUT2D eigenvalue weighted by atomic mass is 10.3. The molecular weight excluding hydrogens is 213 g/mol. The molecular formula is C8H7Cl2NO2. The third-order valence-corrected chi connectivity index (χ3v) is 1.78. The van der Waals surface area contributed by atoms with E-state index in [-0.39, 0.29) is 0 Å².